The van der Waals surface area contributed by atoms with Crippen molar-refractivity contribution in [3.05, 3.63) is 70.8 Å². The van der Waals surface area contributed by atoms with Crippen LogP contribution in [0.1, 0.15) is 73.3 Å². The van der Waals surface area contributed by atoms with Crippen LogP contribution < -0.4 is 0 Å². The van der Waals surface area contributed by atoms with Gasteiger partial charge in [0.25, 0.3) is 0 Å². The molecular weight excluding hydrogens is 552 g/mol. The van der Waals surface area contributed by atoms with Gasteiger partial charge in [-0.3, -0.25) is 0 Å². The van der Waals surface area contributed by atoms with Crippen LogP contribution in [0.15, 0.2) is 48.5 Å². The van der Waals surface area contributed by atoms with E-state index < -0.39 is 42.2 Å². The molecule has 0 aromatic heterocycles. The molecule has 3 aliphatic rings. The highest BCUT2D eigenvalue weighted by atomic mass is 19.4. The molecule has 1 spiro atoms. The number of hydrogen-bond donors (Lipinski definition) is 1. The molecule has 3 heterocycles. The predicted molar refractivity (Wildman–Crippen MR) is 138 cm³/mol. The summed E-state index contributed by atoms with van der Waals surface area (Å²) in [5.74, 6) is -0.194. The number of nitrogens with zero attached hydrogens (tertiary/aromatic N) is 1. The highest BCUT2D eigenvalue weighted by Gasteiger charge is 2.44. The lowest BCUT2D eigenvalue weighted by Crippen LogP contribution is -2.48. The van der Waals surface area contributed by atoms with Gasteiger partial charge in [0.05, 0.1) is 29.4 Å². The van der Waals surface area contributed by atoms with Gasteiger partial charge in [0, 0.05) is 32.0 Å². The molecule has 3 saturated heterocycles. The van der Waals surface area contributed by atoms with Crippen LogP contribution in [0.4, 0.5) is 26.3 Å². The number of rotatable bonds is 6. The smallest absolute Gasteiger partial charge is 0.368 e. The zero-order valence-corrected chi connectivity index (χ0v) is 22.8. The van der Waals surface area contributed by atoms with E-state index >= 15 is 0 Å². The van der Waals surface area contributed by atoms with Gasteiger partial charge in [-0.1, -0.05) is 30.3 Å². The maximum Gasteiger partial charge on any atom is 0.416 e. The fourth-order valence-corrected chi connectivity index (χ4v) is 6.40. The SMILES string of the molecule is C[C@@H](O[C@H]1OCC[C@@H](CN2CCC3(CCC(O)O3)CC2)[C@@H]1c1ccccc1)c1cc(C(F)(F)F)cc(C(F)(F)F)c1. The van der Waals surface area contributed by atoms with Gasteiger partial charge in [-0.2, -0.15) is 26.3 Å². The largest absolute Gasteiger partial charge is 0.416 e. The summed E-state index contributed by atoms with van der Waals surface area (Å²) in [4.78, 5) is 2.36. The standard InChI is InChI=1S/C30H35F6NO4/c1-19(22-15-23(29(31,32)33)17-24(16-22)30(34,35)36)40-27-26(20-5-3-2-4-6-20)21(8-14-39-27)18-37-12-10-28(11-13-37)9-7-25(38)41-28/h2-6,15-17,19,21,25-27,38H,7-14,18H2,1H3/t19-,21+,25?,26+,27-/m1/s1. The lowest BCUT2D eigenvalue weighted by Gasteiger charge is -2.44. The predicted octanol–water partition coefficient (Wildman–Crippen LogP) is 6.91. The van der Waals surface area contributed by atoms with Gasteiger partial charge < -0.3 is 24.2 Å². The summed E-state index contributed by atoms with van der Waals surface area (Å²) in [5.41, 5.74) is -2.30. The van der Waals surface area contributed by atoms with Crippen LogP contribution in [0.5, 0.6) is 0 Å². The third kappa shape index (κ3) is 7.07. The Labute approximate surface area is 235 Å². The van der Waals surface area contributed by atoms with E-state index in [0.717, 1.165) is 50.9 Å². The Hall–Kier alpha value is -2.18. The summed E-state index contributed by atoms with van der Waals surface area (Å²) >= 11 is 0. The van der Waals surface area contributed by atoms with Gasteiger partial charge in [0.15, 0.2) is 12.6 Å². The third-order valence-electron chi connectivity index (χ3n) is 8.67. The number of piperidine rings is 1. The van der Waals surface area contributed by atoms with Crippen LogP contribution in [0.25, 0.3) is 0 Å². The second kappa shape index (κ2) is 11.8. The Balaban J connectivity index is 1.35. The van der Waals surface area contributed by atoms with E-state index in [1.54, 1.807) is 0 Å². The summed E-state index contributed by atoms with van der Waals surface area (Å²) in [7, 11) is 0. The molecule has 0 radical (unpaired) electrons. The van der Waals surface area contributed by atoms with E-state index in [1.165, 1.54) is 6.92 Å². The normalized spacial score (nSPS) is 28.2. The number of halogens is 6. The van der Waals surface area contributed by atoms with Crippen molar-refractivity contribution >= 4 is 0 Å². The molecule has 0 saturated carbocycles. The van der Waals surface area contributed by atoms with Gasteiger partial charge in [0.2, 0.25) is 0 Å². The first-order valence-corrected chi connectivity index (χ1v) is 14.0. The van der Waals surface area contributed by atoms with E-state index in [-0.39, 0.29) is 29.1 Å². The monoisotopic (exact) mass is 587 g/mol. The molecule has 5 atom stereocenters. The fraction of sp³-hybridized carbons (Fsp3) is 0.600. The number of alkyl halides is 6. The van der Waals surface area contributed by atoms with Crippen molar-refractivity contribution in [3.8, 4) is 0 Å². The zero-order chi connectivity index (χ0) is 29.4. The second-order valence-corrected chi connectivity index (χ2v) is 11.4. The lowest BCUT2D eigenvalue weighted by molar-refractivity contribution is -0.211. The molecule has 1 N–H and O–H groups in total. The molecule has 226 valence electrons. The van der Waals surface area contributed by atoms with Crippen LogP contribution in [-0.2, 0) is 26.6 Å². The number of likely N-dealkylation sites (tertiary alicyclic amines) is 1. The average molecular weight is 588 g/mol. The van der Waals surface area contributed by atoms with Crippen molar-refractivity contribution in [1.82, 2.24) is 4.90 Å². The summed E-state index contributed by atoms with van der Waals surface area (Å²) in [5, 5.41) is 9.85. The summed E-state index contributed by atoms with van der Waals surface area (Å²) in [6.45, 7) is 4.15. The Morgan fingerprint density at radius 2 is 1.59 bits per heavy atom. The molecule has 0 aliphatic carbocycles. The minimum atomic E-state index is -4.94. The van der Waals surface area contributed by atoms with Crippen molar-refractivity contribution in [2.75, 3.05) is 26.2 Å². The van der Waals surface area contributed by atoms with Crippen molar-refractivity contribution in [1.29, 1.82) is 0 Å². The fourth-order valence-electron chi connectivity index (χ4n) is 6.40. The van der Waals surface area contributed by atoms with Gasteiger partial charge in [-0.05, 0) is 67.9 Å². The topological polar surface area (TPSA) is 51.2 Å². The van der Waals surface area contributed by atoms with Gasteiger partial charge >= 0.3 is 12.4 Å². The Kier molecular flexibility index (Phi) is 8.74. The molecule has 0 amide bonds. The van der Waals surface area contributed by atoms with Crippen molar-refractivity contribution in [2.45, 2.75) is 81.6 Å². The quantitative estimate of drug-likeness (QED) is 0.373. The molecular formula is C30H35F6NO4. The minimum absolute atomic E-state index is 0.0831. The first-order chi connectivity index (χ1) is 19.3. The summed E-state index contributed by atoms with van der Waals surface area (Å²) < 4.78 is 98.8. The molecule has 3 aliphatic heterocycles. The van der Waals surface area contributed by atoms with Crippen LogP contribution in [0.2, 0.25) is 0 Å². The number of aliphatic hydroxyl groups excluding tert-OH is 1. The number of benzene rings is 2. The van der Waals surface area contributed by atoms with Crippen LogP contribution in [-0.4, -0.2) is 54.4 Å². The van der Waals surface area contributed by atoms with Gasteiger partial charge in [-0.15, -0.1) is 0 Å². The Bertz CT molecular complexity index is 1130. The Morgan fingerprint density at radius 1 is 0.951 bits per heavy atom. The van der Waals surface area contributed by atoms with E-state index in [9.17, 15) is 31.4 Å². The number of ether oxygens (including phenoxy) is 3. The van der Waals surface area contributed by atoms with Crippen molar-refractivity contribution < 1.29 is 45.7 Å². The number of hydrogen-bond acceptors (Lipinski definition) is 5. The van der Waals surface area contributed by atoms with E-state index in [0.29, 0.717) is 25.2 Å². The summed E-state index contributed by atoms with van der Waals surface area (Å²) in [6.07, 6.45) is -8.69. The first-order valence-electron chi connectivity index (χ1n) is 14.0. The molecule has 3 fully saturated rings. The minimum Gasteiger partial charge on any atom is -0.368 e. The van der Waals surface area contributed by atoms with Crippen molar-refractivity contribution in [2.24, 2.45) is 5.92 Å². The molecule has 2 aromatic rings. The summed E-state index contributed by atoms with van der Waals surface area (Å²) in [6, 6.07) is 11.1. The molecule has 0 bridgehead atoms. The molecule has 11 heteroatoms. The van der Waals surface area contributed by atoms with E-state index in [4.69, 9.17) is 14.2 Å². The van der Waals surface area contributed by atoms with Crippen LogP contribution in [0.3, 0.4) is 0 Å². The number of aliphatic hydroxyl groups is 1. The highest BCUT2D eigenvalue weighted by Crippen LogP contribution is 2.43. The lowest BCUT2D eigenvalue weighted by atomic mass is 9.80. The van der Waals surface area contributed by atoms with Gasteiger partial charge in [-0.25, -0.2) is 0 Å². The average Bonchev–Trinajstić information content (AvgIpc) is 3.29. The zero-order valence-electron chi connectivity index (χ0n) is 22.8. The van der Waals surface area contributed by atoms with Gasteiger partial charge in [0.1, 0.15) is 0 Å². The van der Waals surface area contributed by atoms with Crippen LogP contribution >= 0.6 is 0 Å². The van der Waals surface area contributed by atoms with E-state index in [1.807, 2.05) is 30.3 Å². The Morgan fingerprint density at radius 3 is 2.15 bits per heavy atom. The maximum absolute atomic E-state index is 13.5. The molecule has 1 unspecified atom stereocenters. The first kappa shape index (κ1) is 30.3. The third-order valence-corrected chi connectivity index (χ3v) is 8.67. The molecule has 5 rings (SSSR count). The second-order valence-electron chi connectivity index (χ2n) is 11.4. The molecule has 2 aromatic carbocycles. The maximum atomic E-state index is 13.5. The van der Waals surface area contributed by atoms with E-state index in [2.05, 4.69) is 4.90 Å². The molecule has 5 nitrogen and oxygen atoms in total. The highest BCUT2D eigenvalue weighted by molar-refractivity contribution is 5.35. The molecule has 41 heavy (non-hydrogen) atoms. The van der Waals surface area contributed by atoms with Crippen LogP contribution in [0, 0.1) is 5.92 Å². The van der Waals surface area contributed by atoms with Crippen molar-refractivity contribution in [3.63, 3.8) is 0 Å².